The number of rotatable bonds is 6. The summed E-state index contributed by atoms with van der Waals surface area (Å²) in [5, 5.41) is 11.4. The number of aryl methyl sites for hydroxylation is 1. The molecule has 3 rings (SSSR count). The van der Waals surface area contributed by atoms with E-state index in [0.717, 1.165) is 28.1 Å². The van der Waals surface area contributed by atoms with Crippen LogP contribution in [0.15, 0.2) is 57.8 Å². The Balaban J connectivity index is 1.62. The van der Waals surface area contributed by atoms with Crippen molar-refractivity contribution in [1.82, 2.24) is 10.2 Å². The standard InChI is InChI=1S/C18H19N3O2S/c1-3-17-20-21-18(23-17)14-6-8-15(9-7-14)19-12-13-4-10-16(11-5-13)24(2)22/h4-11,19H,3,12H2,1-2H3. The van der Waals surface area contributed by atoms with Gasteiger partial charge in [-0.05, 0) is 42.0 Å². The predicted octanol–water partition coefficient (Wildman–Crippen LogP) is 3.65. The number of aromatic nitrogens is 2. The molecule has 6 heteroatoms. The van der Waals surface area contributed by atoms with Gasteiger partial charge in [0.05, 0.1) is 0 Å². The van der Waals surface area contributed by atoms with Gasteiger partial charge >= 0.3 is 0 Å². The smallest absolute Gasteiger partial charge is 0.247 e. The molecule has 0 aliphatic heterocycles. The first-order chi connectivity index (χ1) is 11.7. The first kappa shape index (κ1) is 16.4. The van der Waals surface area contributed by atoms with Crippen LogP contribution in [0, 0.1) is 0 Å². The van der Waals surface area contributed by atoms with E-state index in [-0.39, 0.29) is 0 Å². The van der Waals surface area contributed by atoms with Crippen molar-refractivity contribution >= 4 is 16.5 Å². The molecule has 3 aromatic rings. The minimum atomic E-state index is -0.937. The molecule has 0 radical (unpaired) electrons. The molecule has 0 spiro atoms. The molecule has 2 aromatic carbocycles. The first-order valence-electron chi connectivity index (χ1n) is 7.75. The molecular weight excluding hydrogens is 322 g/mol. The average molecular weight is 341 g/mol. The summed E-state index contributed by atoms with van der Waals surface area (Å²) in [6, 6.07) is 15.7. The molecule has 5 nitrogen and oxygen atoms in total. The van der Waals surface area contributed by atoms with Crippen molar-refractivity contribution < 1.29 is 8.63 Å². The summed E-state index contributed by atoms with van der Waals surface area (Å²) in [7, 11) is -0.937. The first-order valence-corrected chi connectivity index (χ1v) is 9.30. The minimum Gasteiger partial charge on any atom is -0.421 e. The SMILES string of the molecule is CCc1nnc(-c2ccc(NCc3ccc(S(C)=O)cc3)cc2)o1. The molecule has 0 aliphatic rings. The van der Waals surface area contributed by atoms with Gasteiger partial charge in [0.25, 0.3) is 0 Å². The van der Waals surface area contributed by atoms with Gasteiger partial charge in [0.15, 0.2) is 0 Å². The molecule has 0 aliphatic carbocycles. The maximum Gasteiger partial charge on any atom is 0.247 e. The lowest BCUT2D eigenvalue weighted by Crippen LogP contribution is -1.99. The van der Waals surface area contributed by atoms with Gasteiger partial charge < -0.3 is 9.73 Å². The Morgan fingerprint density at radius 3 is 2.33 bits per heavy atom. The molecule has 0 saturated heterocycles. The van der Waals surface area contributed by atoms with Crippen molar-refractivity contribution in [3.05, 3.63) is 60.0 Å². The lowest BCUT2D eigenvalue weighted by atomic mass is 10.2. The van der Waals surface area contributed by atoms with E-state index in [1.165, 1.54) is 0 Å². The highest BCUT2D eigenvalue weighted by Crippen LogP contribution is 2.21. The second-order valence-electron chi connectivity index (χ2n) is 5.38. The lowest BCUT2D eigenvalue weighted by Gasteiger charge is -2.07. The number of hydrogen-bond donors (Lipinski definition) is 1. The summed E-state index contributed by atoms with van der Waals surface area (Å²) in [5.74, 6) is 1.19. The van der Waals surface area contributed by atoms with E-state index in [9.17, 15) is 4.21 Å². The van der Waals surface area contributed by atoms with Gasteiger partial charge in [-0.2, -0.15) is 0 Å². The number of nitrogens with one attached hydrogen (secondary N) is 1. The van der Waals surface area contributed by atoms with Gasteiger partial charge in [-0.3, -0.25) is 4.21 Å². The third-order valence-corrected chi connectivity index (χ3v) is 4.59. The maximum atomic E-state index is 11.4. The molecule has 124 valence electrons. The topological polar surface area (TPSA) is 68.0 Å². The summed E-state index contributed by atoms with van der Waals surface area (Å²) in [4.78, 5) is 0.842. The van der Waals surface area contributed by atoms with Crippen LogP contribution in [0.1, 0.15) is 18.4 Å². The molecule has 0 bridgehead atoms. The van der Waals surface area contributed by atoms with Crippen LogP contribution in [0.4, 0.5) is 5.69 Å². The Kier molecular flexibility index (Phi) is 5.05. The van der Waals surface area contributed by atoms with E-state index in [2.05, 4.69) is 15.5 Å². The monoisotopic (exact) mass is 341 g/mol. The van der Waals surface area contributed by atoms with E-state index >= 15 is 0 Å². The van der Waals surface area contributed by atoms with Crippen LogP contribution in [-0.2, 0) is 23.8 Å². The van der Waals surface area contributed by atoms with Crippen molar-refractivity contribution in [3.63, 3.8) is 0 Å². The van der Waals surface area contributed by atoms with Gasteiger partial charge in [-0.25, -0.2) is 0 Å². The second kappa shape index (κ2) is 7.40. The molecule has 1 aromatic heterocycles. The number of nitrogens with zero attached hydrogens (tertiary/aromatic N) is 2. The summed E-state index contributed by atoms with van der Waals surface area (Å²) in [6.45, 7) is 2.69. The fourth-order valence-corrected chi connectivity index (χ4v) is 2.77. The van der Waals surface area contributed by atoms with Crippen molar-refractivity contribution in [2.75, 3.05) is 11.6 Å². The number of benzene rings is 2. The average Bonchev–Trinajstić information content (AvgIpc) is 3.10. The minimum absolute atomic E-state index is 0.543. The predicted molar refractivity (Wildman–Crippen MR) is 95.2 cm³/mol. The van der Waals surface area contributed by atoms with E-state index in [0.29, 0.717) is 18.3 Å². The third-order valence-electron chi connectivity index (χ3n) is 3.65. The highest BCUT2D eigenvalue weighted by atomic mass is 32.2. The Labute approximate surface area is 143 Å². The van der Waals surface area contributed by atoms with Gasteiger partial charge in [0.2, 0.25) is 11.8 Å². The molecule has 0 saturated carbocycles. The van der Waals surface area contributed by atoms with Crippen molar-refractivity contribution in [2.24, 2.45) is 0 Å². The highest BCUT2D eigenvalue weighted by Gasteiger charge is 2.07. The zero-order chi connectivity index (χ0) is 16.9. The Hall–Kier alpha value is -2.47. The van der Waals surface area contributed by atoms with E-state index in [1.54, 1.807) is 6.26 Å². The van der Waals surface area contributed by atoms with Crippen LogP contribution in [0.25, 0.3) is 11.5 Å². The molecule has 0 amide bonds. The number of hydrogen-bond acceptors (Lipinski definition) is 5. The van der Waals surface area contributed by atoms with Gasteiger partial charge in [0, 0.05) is 46.2 Å². The van der Waals surface area contributed by atoms with E-state index in [4.69, 9.17) is 4.42 Å². The van der Waals surface area contributed by atoms with E-state index in [1.807, 2.05) is 55.5 Å². The summed E-state index contributed by atoms with van der Waals surface area (Å²) >= 11 is 0. The third kappa shape index (κ3) is 3.89. The zero-order valence-corrected chi connectivity index (χ0v) is 14.5. The Bertz CT molecular complexity index is 826. The molecule has 0 fully saturated rings. The Morgan fingerprint density at radius 2 is 1.75 bits per heavy atom. The van der Waals surface area contributed by atoms with Gasteiger partial charge in [-0.15, -0.1) is 10.2 Å². The highest BCUT2D eigenvalue weighted by molar-refractivity contribution is 7.84. The second-order valence-corrected chi connectivity index (χ2v) is 6.76. The quantitative estimate of drug-likeness (QED) is 0.741. The Morgan fingerprint density at radius 1 is 1.04 bits per heavy atom. The van der Waals surface area contributed by atoms with Crippen LogP contribution in [0.2, 0.25) is 0 Å². The summed E-state index contributed by atoms with van der Waals surface area (Å²) < 4.78 is 16.9. The summed E-state index contributed by atoms with van der Waals surface area (Å²) in [5.41, 5.74) is 3.05. The van der Waals surface area contributed by atoms with Gasteiger partial charge in [-0.1, -0.05) is 19.1 Å². The molecular formula is C18H19N3O2S. The fourth-order valence-electron chi connectivity index (χ4n) is 2.25. The van der Waals surface area contributed by atoms with Crippen molar-refractivity contribution in [3.8, 4) is 11.5 Å². The molecule has 1 N–H and O–H groups in total. The van der Waals surface area contributed by atoms with Gasteiger partial charge in [0.1, 0.15) is 0 Å². The van der Waals surface area contributed by atoms with Crippen LogP contribution >= 0.6 is 0 Å². The summed E-state index contributed by atoms with van der Waals surface area (Å²) in [6.07, 6.45) is 2.42. The van der Waals surface area contributed by atoms with Crippen LogP contribution in [0.5, 0.6) is 0 Å². The van der Waals surface area contributed by atoms with E-state index < -0.39 is 10.8 Å². The molecule has 1 atom stereocenters. The lowest BCUT2D eigenvalue weighted by molar-refractivity contribution is 0.513. The van der Waals surface area contributed by atoms with Crippen molar-refractivity contribution in [1.29, 1.82) is 0 Å². The van der Waals surface area contributed by atoms with Crippen LogP contribution < -0.4 is 5.32 Å². The maximum absolute atomic E-state index is 11.4. The molecule has 1 heterocycles. The largest absolute Gasteiger partial charge is 0.421 e. The van der Waals surface area contributed by atoms with Crippen LogP contribution in [0.3, 0.4) is 0 Å². The fraction of sp³-hybridized carbons (Fsp3) is 0.222. The van der Waals surface area contributed by atoms with Crippen LogP contribution in [-0.4, -0.2) is 20.7 Å². The molecule has 1 unspecified atom stereocenters. The van der Waals surface area contributed by atoms with Crippen molar-refractivity contribution in [2.45, 2.75) is 24.8 Å². The molecule has 24 heavy (non-hydrogen) atoms. The zero-order valence-electron chi connectivity index (χ0n) is 13.7. The normalized spacial score (nSPS) is 12.1. The number of anilines is 1.